The molecule has 0 saturated carbocycles. The molecule has 2 aromatic heterocycles. The smallest absolute Gasteiger partial charge is 0.251 e. The van der Waals surface area contributed by atoms with Gasteiger partial charge in [-0.25, -0.2) is 9.97 Å². The molecular weight excluding hydrogens is 361 g/mol. The molecule has 126 valence electrons. The minimum absolute atomic E-state index is 0.265. The summed E-state index contributed by atoms with van der Waals surface area (Å²) in [5.41, 5.74) is 1.20. The molecule has 0 unspecified atom stereocenters. The summed E-state index contributed by atoms with van der Waals surface area (Å²) in [5.74, 6) is 0.427. The van der Waals surface area contributed by atoms with Crippen LogP contribution in [0.1, 0.15) is 15.9 Å². The SMILES string of the molecule is O=C(NCc1ccc(Cl)cc1Cl)c1ccnc(Oc2ccccn2)c1. The second-order valence-corrected chi connectivity index (χ2v) is 5.91. The van der Waals surface area contributed by atoms with Gasteiger partial charge in [0.2, 0.25) is 11.8 Å². The number of carbonyl (C=O) groups is 1. The first-order valence-electron chi connectivity index (χ1n) is 7.39. The predicted octanol–water partition coefficient (Wildman–Crippen LogP) is 4.51. The average Bonchev–Trinajstić information content (AvgIpc) is 2.62. The standard InChI is InChI=1S/C18H13Cl2N3O2/c19-14-5-4-13(15(20)10-14)11-23-18(24)12-6-8-22-17(9-12)25-16-3-1-2-7-21-16/h1-10H,11H2,(H,23,24). The number of amides is 1. The number of hydrogen-bond acceptors (Lipinski definition) is 4. The molecule has 2 heterocycles. The van der Waals surface area contributed by atoms with E-state index in [0.29, 0.717) is 21.5 Å². The van der Waals surface area contributed by atoms with Gasteiger partial charge < -0.3 is 10.1 Å². The minimum atomic E-state index is -0.265. The van der Waals surface area contributed by atoms with E-state index >= 15 is 0 Å². The number of rotatable bonds is 5. The lowest BCUT2D eigenvalue weighted by atomic mass is 10.2. The summed E-state index contributed by atoms with van der Waals surface area (Å²) in [6, 6.07) is 13.6. The monoisotopic (exact) mass is 373 g/mol. The first kappa shape index (κ1) is 17.2. The third-order valence-electron chi connectivity index (χ3n) is 3.30. The number of carbonyl (C=O) groups excluding carboxylic acids is 1. The molecule has 0 saturated heterocycles. The quantitative estimate of drug-likeness (QED) is 0.714. The lowest BCUT2D eigenvalue weighted by molar-refractivity contribution is 0.0950. The molecular formula is C18H13Cl2N3O2. The van der Waals surface area contributed by atoms with E-state index in [2.05, 4.69) is 15.3 Å². The topological polar surface area (TPSA) is 64.1 Å². The van der Waals surface area contributed by atoms with Gasteiger partial charge in [-0.05, 0) is 29.8 Å². The Morgan fingerprint density at radius 3 is 2.60 bits per heavy atom. The van der Waals surface area contributed by atoms with Crippen molar-refractivity contribution in [2.45, 2.75) is 6.54 Å². The molecule has 5 nitrogen and oxygen atoms in total. The van der Waals surface area contributed by atoms with Crippen LogP contribution in [0.25, 0.3) is 0 Å². The normalized spacial score (nSPS) is 10.3. The summed E-state index contributed by atoms with van der Waals surface area (Å²) in [6.45, 7) is 0.285. The van der Waals surface area contributed by atoms with Crippen molar-refractivity contribution < 1.29 is 9.53 Å². The Balaban J connectivity index is 1.67. The van der Waals surface area contributed by atoms with Crippen molar-refractivity contribution >= 4 is 29.1 Å². The zero-order valence-corrected chi connectivity index (χ0v) is 14.5. The van der Waals surface area contributed by atoms with Crippen molar-refractivity contribution in [3.05, 3.63) is 82.1 Å². The van der Waals surface area contributed by atoms with Crippen molar-refractivity contribution in [3.8, 4) is 11.8 Å². The van der Waals surface area contributed by atoms with E-state index < -0.39 is 0 Å². The fraction of sp³-hybridized carbons (Fsp3) is 0.0556. The molecule has 1 N–H and O–H groups in total. The van der Waals surface area contributed by atoms with Gasteiger partial charge in [0.1, 0.15) is 0 Å². The highest BCUT2D eigenvalue weighted by atomic mass is 35.5. The van der Waals surface area contributed by atoms with Gasteiger partial charge in [-0.15, -0.1) is 0 Å². The number of aromatic nitrogens is 2. The molecule has 7 heteroatoms. The van der Waals surface area contributed by atoms with E-state index in [1.807, 2.05) is 0 Å². The van der Waals surface area contributed by atoms with Gasteiger partial charge in [-0.1, -0.05) is 35.3 Å². The van der Waals surface area contributed by atoms with Crippen molar-refractivity contribution in [2.24, 2.45) is 0 Å². The number of halogens is 2. The Kier molecular flexibility index (Phi) is 5.48. The highest BCUT2D eigenvalue weighted by molar-refractivity contribution is 6.35. The maximum absolute atomic E-state index is 12.3. The van der Waals surface area contributed by atoms with Crippen LogP contribution < -0.4 is 10.1 Å². The van der Waals surface area contributed by atoms with Crippen LogP contribution in [0.2, 0.25) is 10.0 Å². The molecule has 0 radical (unpaired) electrons. The van der Waals surface area contributed by atoms with Crippen LogP contribution in [0.4, 0.5) is 0 Å². The van der Waals surface area contributed by atoms with Gasteiger partial charge >= 0.3 is 0 Å². The first-order valence-corrected chi connectivity index (χ1v) is 8.14. The molecule has 0 fully saturated rings. The van der Waals surface area contributed by atoms with E-state index in [0.717, 1.165) is 5.56 Å². The molecule has 0 atom stereocenters. The maximum Gasteiger partial charge on any atom is 0.251 e. The Labute approximate surface area is 154 Å². The van der Waals surface area contributed by atoms with E-state index in [9.17, 15) is 4.79 Å². The zero-order valence-electron chi connectivity index (χ0n) is 12.9. The summed E-state index contributed by atoms with van der Waals surface area (Å²) in [6.07, 6.45) is 3.12. The summed E-state index contributed by atoms with van der Waals surface area (Å²) in [7, 11) is 0. The molecule has 0 spiro atoms. The van der Waals surface area contributed by atoms with Crippen LogP contribution >= 0.6 is 23.2 Å². The predicted molar refractivity (Wildman–Crippen MR) is 96.2 cm³/mol. The third-order valence-corrected chi connectivity index (χ3v) is 3.89. The Morgan fingerprint density at radius 1 is 1.00 bits per heavy atom. The number of pyridine rings is 2. The van der Waals surface area contributed by atoms with Gasteiger partial charge in [0.15, 0.2) is 0 Å². The summed E-state index contributed by atoms with van der Waals surface area (Å²) in [4.78, 5) is 20.5. The molecule has 1 aromatic carbocycles. The fourth-order valence-electron chi connectivity index (χ4n) is 2.06. The van der Waals surface area contributed by atoms with Gasteiger partial charge in [0.05, 0.1) is 0 Å². The second-order valence-electron chi connectivity index (χ2n) is 5.07. The Hall–Kier alpha value is -2.63. The van der Waals surface area contributed by atoms with Crippen LogP contribution in [0.3, 0.4) is 0 Å². The molecule has 3 rings (SSSR count). The average molecular weight is 374 g/mol. The lowest BCUT2D eigenvalue weighted by Gasteiger charge is -2.08. The Morgan fingerprint density at radius 2 is 1.84 bits per heavy atom. The molecule has 3 aromatic rings. The molecule has 0 bridgehead atoms. The van der Waals surface area contributed by atoms with Crippen LogP contribution in [0, 0.1) is 0 Å². The maximum atomic E-state index is 12.3. The van der Waals surface area contributed by atoms with Crippen molar-refractivity contribution in [1.29, 1.82) is 0 Å². The molecule has 0 aliphatic rings. The second kappa shape index (κ2) is 7.96. The number of nitrogens with zero attached hydrogens (tertiary/aromatic N) is 2. The lowest BCUT2D eigenvalue weighted by Crippen LogP contribution is -2.23. The van der Waals surface area contributed by atoms with Crippen LogP contribution in [-0.4, -0.2) is 15.9 Å². The summed E-state index contributed by atoms with van der Waals surface area (Å²) in [5, 5.41) is 3.85. The number of ether oxygens (including phenoxy) is 1. The highest BCUT2D eigenvalue weighted by Crippen LogP contribution is 2.21. The van der Waals surface area contributed by atoms with Gasteiger partial charge in [0, 0.05) is 46.7 Å². The largest absolute Gasteiger partial charge is 0.421 e. The zero-order chi connectivity index (χ0) is 17.6. The van der Waals surface area contributed by atoms with Gasteiger partial charge in [-0.3, -0.25) is 4.79 Å². The number of hydrogen-bond donors (Lipinski definition) is 1. The van der Waals surface area contributed by atoms with Crippen molar-refractivity contribution in [2.75, 3.05) is 0 Å². The van der Waals surface area contributed by atoms with E-state index in [1.165, 1.54) is 6.20 Å². The van der Waals surface area contributed by atoms with E-state index in [-0.39, 0.29) is 18.3 Å². The molecule has 25 heavy (non-hydrogen) atoms. The van der Waals surface area contributed by atoms with Crippen LogP contribution in [-0.2, 0) is 6.54 Å². The third kappa shape index (κ3) is 4.68. The van der Waals surface area contributed by atoms with E-state index in [4.69, 9.17) is 27.9 Å². The molecule has 1 amide bonds. The van der Waals surface area contributed by atoms with Crippen LogP contribution in [0.15, 0.2) is 60.9 Å². The highest BCUT2D eigenvalue weighted by Gasteiger charge is 2.09. The van der Waals surface area contributed by atoms with Crippen molar-refractivity contribution in [3.63, 3.8) is 0 Å². The molecule has 0 aliphatic carbocycles. The fourth-order valence-corrected chi connectivity index (χ4v) is 2.54. The summed E-state index contributed by atoms with van der Waals surface area (Å²) < 4.78 is 5.53. The summed E-state index contributed by atoms with van der Waals surface area (Å²) >= 11 is 12.0. The van der Waals surface area contributed by atoms with Gasteiger partial charge in [-0.2, -0.15) is 0 Å². The molecule has 0 aliphatic heterocycles. The van der Waals surface area contributed by atoms with Crippen molar-refractivity contribution in [1.82, 2.24) is 15.3 Å². The number of benzene rings is 1. The number of nitrogens with one attached hydrogen (secondary N) is 1. The Bertz CT molecular complexity index is 888. The van der Waals surface area contributed by atoms with E-state index in [1.54, 1.807) is 54.7 Å². The first-order chi connectivity index (χ1) is 12.1. The minimum Gasteiger partial charge on any atom is -0.421 e. The van der Waals surface area contributed by atoms with Crippen LogP contribution in [0.5, 0.6) is 11.8 Å². The van der Waals surface area contributed by atoms with Gasteiger partial charge in [0.25, 0.3) is 5.91 Å².